The normalized spacial score (nSPS) is 20.4. The summed E-state index contributed by atoms with van der Waals surface area (Å²) in [5.41, 5.74) is 3.16. The third-order valence-corrected chi connectivity index (χ3v) is 4.92. The topological polar surface area (TPSA) is 41.1 Å². The lowest BCUT2D eigenvalue weighted by Gasteiger charge is -2.37. The molecule has 2 aromatic carbocycles. The Morgan fingerprint density at radius 1 is 1.04 bits per heavy atom. The molecule has 1 unspecified atom stereocenters. The first-order valence-corrected chi connectivity index (χ1v) is 9.29. The molecule has 3 nitrogen and oxygen atoms in total. The van der Waals surface area contributed by atoms with E-state index in [4.69, 9.17) is 0 Å². The molecule has 0 saturated carbocycles. The Morgan fingerprint density at radius 2 is 1.72 bits per heavy atom. The molecule has 1 aliphatic heterocycles. The van der Waals surface area contributed by atoms with Crippen LogP contribution in [0.1, 0.15) is 38.7 Å². The summed E-state index contributed by atoms with van der Waals surface area (Å²) in [5, 5.41) is 6.63. The SMILES string of the molecule is CC(C)NC(=O)C1(Cc2ccc(-c3ccccc3)cc2)CCCCN1. The van der Waals surface area contributed by atoms with Gasteiger partial charge in [-0.25, -0.2) is 0 Å². The molecule has 2 N–H and O–H groups in total. The van der Waals surface area contributed by atoms with Gasteiger partial charge in [0.2, 0.25) is 5.91 Å². The van der Waals surface area contributed by atoms with Crippen LogP contribution in [0, 0.1) is 0 Å². The van der Waals surface area contributed by atoms with Crippen LogP contribution >= 0.6 is 0 Å². The van der Waals surface area contributed by atoms with E-state index in [0.717, 1.165) is 32.2 Å². The second-order valence-electron chi connectivity index (χ2n) is 7.33. The number of amides is 1. The van der Waals surface area contributed by atoms with Gasteiger partial charge in [-0.2, -0.15) is 0 Å². The quantitative estimate of drug-likeness (QED) is 0.868. The Morgan fingerprint density at radius 3 is 2.32 bits per heavy atom. The van der Waals surface area contributed by atoms with Crippen molar-refractivity contribution < 1.29 is 4.79 Å². The van der Waals surface area contributed by atoms with Crippen molar-refractivity contribution in [2.75, 3.05) is 6.54 Å². The predicted molar refractivity (Wildman–Crippen MR) is 103 cm³/mol. The lowest BCUT2D eigenvalue weighted by atomic mass is 9.82. The fraction of sp³-hybridized carbons (Fsp3) is 0.409. The van der Waals surface area contributed by atoms with Crippen LogP contribution in [-0.2, 0) is 11.2 Å². The van der Waals surface area contributed by atoms with Crippen LogP contribution in [0.25, 0.3) is 11.1 Å². The zero-order chi connectivity index (χ0) is 17.7. The van der Waals surface area contributed by atoms with Crippen LogP contribution in [-0.4, -0.2) is 24.0 Å². The van der Waals surface area contributed by atoms with Gasteiger partial charge >= 0.3 is 0 Å². The highest BCUT2D eigenvalue weighted by Crippen LogP contribution is 2.26. The molecule has 132 valence electrons. The molecule has 1 saturated heterocycles. The molecular formula is C22H28N2O. The summed E-state index contributed by atoms with van der Waals surface area (Å²) < 4.78 is 0. The highest BCUT2D eigenvalue weighted by molar-refractivity contribution is 5.87. The van der Waals surface area contributed by atoms with Gasteiger partial charge in [0.1, 0.15) is 5.54 Å². The number of nitrogens with one attached hydrogen (secondary N) is 2. The highest BCUT2D eigenvalue weighted by Gasteiger charge is 2.39. The van der Waals surface area contributed by atoms with E-state index < -0.39 is 5.54 Å². The van der Waals surface area contributed by atoms with Crippen LogP contribution in [0.2, 0.25) is 0 Å². The third-order valence-electron chi connectivity index (χ3n) is 4.92. The Balaban J connectivity index is 1.79. The molecular weight excluding hydrogens is 308 g/mol. The number of carbonyl (C=O) groups excluding carboxylic acids is 1. The first kappa shape index (κ1) is 17.7. The maximum atomic E-state index is 12.8. The molecule has 1 atom stereocenters. The van der Waals surface area contributed by atoms with E-state index in [1.807, 2.05) is 19.9 Å². The molecule has 1 heterocycles. The van der Waals surface area contributed by atoms with Gasteiger partial charge in [-0.05, 0) is 62.8 Å². The maximum absolute atomic E-state index is 12.8. The molecule has 0 aromatic heterocycles. The zero-order valence-corrected chi connectivity index (χ0v) is 15.2. The average molecular weight is 336 g/mol. The van der Waals surface area contributed by atoms with Gasteiger partial charge in [0, 0.05) is 6.04 Å². The van der Waals surface area contributed by atoms with Crippen molar-refractivity contribution in [3.05, 3.63) is 60.2 Å². The standard InChI is InChI=1S/C22H28N2O/c1-17(2)24-21(25)22(14-6-7-15-23-22)16-18-10-12-20(13-11-18)19-8-4-3-5-9-19/h3-5,8-13,17,23H,6-7,14-16H2,1-2H3,(H,24,25). The molecule has 1 amide bonds. The molecule has 0 aliphatic carbocycles. The molecule has 1 fully saturated rings. The summed E-state index contributed by atoms with van der Waals surface area (Å²) in [4.78, 5) is 12.8. The van der Waals surface area contributed by atoms with Crippen molar-refractivity contribution in [1.29, 1.82) is 0 Å². The Hall–Kier alpha value is -2.13. The van der Waals surface area contributed by atoms with E-state index in [-0.39, 0.29) is 11.9 Å². The number of benzene rings is 2. The van der Waals surface area contributed by atoms with Crippen LogP contribution in [0.4, 0.5) is 0 Å². The minimum Gasteiger partial charge on any atom is -0.352 e. The second-order valence-corrected chi connectivity index (χ2v) is 7.33. The molecule has 2 aromatic rings. The van der Waals surface area contributed by atoms with Crippen molar-refractivity contribution >= 4 is 5.91 Å². The van der Waals surface area contributed by atoms with E-state index >= 15 is 0 Å². The second kappa shape index (κ2) is 7.83. The Bertz CT molecular complexity index is 686. The number of carbonyl (C=O) groups is 1. The van der Waals surface area contributed by atoms with Gasteiger partial charge in [0.05, 0.1) is 0 Å². The van der Waals surface area contributed by atoms with Gasteiger partial charge in [-0.15, -0.1) is 0 Å². The number of hydrogen-bond acceptors (Lipinski definition) is 2. The molecule has 3 heteroatoms. The molecule has 0 spiro atoms. The maximum Gasteiger partial charge on any atom is 0.240 e. The van der Waals surface area contributed by atoms with E-state index in [1.165, 1.54) is 16.7 Å². The van der Waals surface area contributed by atoms with Crippen LogP contribution in [0.3, 0.4) is 0 Å². The first-order valence-electron chi connectivity index (χ1n) is 9.29. The molecule has 0 radical (unpaired) electrons. The highest BCUT2D eigenvalue weighted by atomic mass is 16.2. The van der Waals surface area contributed by atoms with Crippen molar-refractivity contribution in [2.24, 2.45) is 0 Å². The number of piperidine rings is 1. The fourth-order valence-corrected chi connectivity index (χ4v) is 3.59. The summed E-state index contributed by atoms with van der Waals surface area (Å²) in [5.74, 6) is 0.134. The largest absolute Gasteiger partial charge is 0.352 e. The summed E-state index contributed by atoms with van der Waals surface area (Å²) in [6.45, 7) is 4.94. The lowest BCUT2D eigenvalue weighted by molar-refractivity contribution is -0.129. The van der Waals surface area contributed by atoms with Gasteiger partial charge in [-0.3, -0.25) is 4.79 Å². The van der Waals surface area contributed by atoms with Crippen molar-refractivity contribution in [3.63, 3.8) is 0 Å². The van der Waals surface area contributed by atoms with E-state index in [2.05, 4.69) is 59.2 Å². The van der Waals surface area contributed by atoms with E-state index in [0.29, 0.717) is 0 Å². The fourth-order valence-electron chi connectivity index (χ4n) is 3.59. The van der Waals surface area contributed by atoms with Gasteiger partial charge in [0.25, 0.3) is 0 Å². The predicted octanol–water partition coefficient (Wildman–Crippen LogP) is 3.93. The summed E-state index contributed by atoms with van der Waals surface area (Å²) in [6.07, 6.45) is 3.87. The molecule has 1 aliphatic rings. The van der Waals surface area contributed by atoms with Gasteiger partial charge in [0.15, 0.2) is 0 Å². The Labute approximate surface area is 150 Å². The third kappa shape index (κ3) is 4.29. The number of rotatable bonds is 5. The van der Waals surface area contributed by atoms with Crippen molar-refractivity contribution in [1.82, 2.24) is 10.6 Å². The van der Waals surface area contributed by atoms with Crippen LogP contribution in [0.5, 0.6) is 0 Å². The van der Waals surface area contributed by atoms with Gasteiger partial charge < -0.3 is 10.6 Å². The monoisotopic (exact) mass is 336 g/mol. The van der Waals surface area contributed by atoms with E-state index in [9.17, 15) is 4.79 Å². The molecule has 3 rings (SSSR count). The number of hydrogen-bond donors (Lipinski definition) is 2. The van der Waals surface area contributed by atoms with E-state index in [1.54, 1.807) is 0 Å². The minimum atomic E-state index is -0.475. The van der Waals surface area contributed by atoms with Crippen molar-refractivity contribution in [3.8, 4) is 11.1 Å². The Kier molecular flexibility index (Phi) is 5.54. The summed E-state index contributed by atoms with van der Waals surface area (Å²) in [7, 11) is 0. The average Bonchev–Trinajstić information content (AvgIpc) is 2.63. The zero-order valence-electron chi connectivity index (χ0n) is 15.2. The molecule has 25 heavy (non-hydrogen) atoms. The minimum absolute atomic E-state index is 0.134. The lowest BCUT2D eigenvalue weighted by Crippen LogP contribution is -2.61. The van der Waals surface area contributed by atoms with Crippen LogP contribution < -0.4 is 10.6 Å². The summed E-state index contributed by atoms with van der Waals surface area (Å²) in [6, 6.07) is 19.2. The molecule has 0 bridgehead atoms. The first-order chi connectivity index (χ1) is 12.1. The van der Waals surface area contributed by atoms with Crippen molar-refractivity contribution in [2.45, 2.75) is 51.1 Å². The smallest absolute Gasteiger partial charge is 0.240 e. The van der Waals surface area contributed by atoms with Gasteiger partial charge in [-0.1, -0.05) is 54.6 Å². The van der Waals surface area contributed by atoms with Crippen LogP contribution in [0.15, 0.2) is 54.6 Å². The summed E-state index contributed by atoms with van der Waals surface area (Å²) >= 11 is 0.